The van der Waals surface area contributed by atoms with E-state index in [1.807, 2.05) is 18.7 Å². The third-order valence-corrected chi connectivity index (χ3v) is 3.02. The van der Waals surface area contributed by atoms with E-state index < -0.39 is 0 Å². The standard InChI is InChI=1S/C11H20ClN3/c1-11(2,8-12)9-13-4-3-6-15-7-5-14-10-15/h5,7,10,13H,3-4,6,8-9H2,1-2H3. The van der Waals surface area contributed by atoms with E-state index in [1.165, 1.54) is 0 Å². The molecule has 1 heterocycles. The predicted octanol–water partition coefficient (Wildman–Crippen LogP) is 2.13. The van der Waals surface area contributed by atoms with Gasteiger partial charge in [-0.15, -0.1) is 11.6 Å². The maximum Gasteiger partial charge on any atom is 0.0945 e. The smallest absolute Gasteiger partial charge is 0.0945 e. The highest BCUT2D eigenvalue weighted by molar-refractivity contribution is 6.18. The lowest BCUT2D eigenvalue weighted by Crippen LogP contribution is -2.31. The van der Waals surface area contributed by atoms with Crippen LogP contribution in [0.25, 0.3) is 0 Å². The molecule has 0 saturated heterocycles. The maximum atomic E-state index is 5.83. The van der Waals surface area contributed by atoms with Crippen molar-refractivity contribution in [1.82, 2.24) is 14.9 Å². The molecule has 0 aliphatic rings. The first-order chi connectivity index (χ1) is 7.14. The van der Waals surface area contributed by atoms with Crippen LogP contribution in [0.5, 0.6) is 0 Å². The summed E-state index contributed by atoms with van der Waals surface area (Å²) in [7, 11) is 0. The molecule has 1 rings (SSSR count). The predicted molar refractivity (Wildman–Crippen MR) is 64.2 cm³/mol. The van der Waals surface area contributed by atoms with Crippen LogP contribution in [0.2, 0.25) is 0 Å². The van der Waals surface area contributed by atoms with Gasteiger partial charge < -0.3 is 9.88 Å². The van der Waals surface area contributed by atoms with Crippen LogP contribution in [0.4, 0.5) is 0 Å². The van der Waals surface area contributed by atoms with Crippen LogP contribution in [0.1, 0.15) is 20.3 Å². The van der Waals surface area contributed by atoms with Crippen LogP contribution in [0, 0.1) is 5.41 Å². The molecule has 0 bridgehead atoms. The molecule has 0 aromatic carbocycles. The van der Waals surface area contributed by atoms with Gasteiger partial charge in [0.15, 0.2) is 0 Å². The molecule has 1 N–H and O–H groups in total. The summed E-state index contributed by atoms with van der Waals surface area (Å²) in [5.74, 6) is 0.696. The SMILES string of the molecule is CC(C)(CCl)CNCCCn1ccnc1. The molecule has 4 heteroatoms. The van der Waals surface area contributed by atoms with Crippen LogP contribution >= 0.6 is 11.6 Å². The normalized spacial score (nSPS) is 11.9. The minimum atomic E-state index is 0.191. The van der Waals surface area contributed by atoms with E-state index in [0.717, 1.165) is 26.1 Å². The van der Waals surface area contributed by atoms with Gasteiger partial charge in [-0.05, 0) is 18.4 Å². The summed E-state index contributed by atoms with van der Waals surface area (Å²) in [6.07, 6.45) is 6.77. The Morgan fingerprint density at radius 3 is 2.87 bits per heavy atom. The lowest BCUT2D eigenvalue weighted by atomic mass is 9.96. The number of hydrogen-bond acceptors (Lipinski definition) is 2. The highest BCUT2D eigenvalue weighted by Gasteiger charge is 2.14. The molecule has 0 radical (unpaired) electrons. The van der Waals surface area contributed by atoms with Crippen molar-refractivity contribution >= 4 is 11.6 Å². The van der Waals surface area contributed by atoms with Crippen molar-refractivity contribution in [3.05, 3.63) is 18.7 Å². The Bertz CT molecular complexity index is 257. The molecule has 0 fully saturated rings. The van der Waals surface area contributed by atoms with Gasteiger partial charge in [-0.25, -0.2) is 4.98 Å². The molecule has 0 atom stereocenters. The highest BCUT2D eigenvalue weighted by Crippen LogP contribution is 2.14. The zero-order valence-electron chi connectivity index (χ0n) is 9.54. The van der Waals surface area contributed by atoms with E-state index in [1.54, 1.807) is 0 Å². The number of rotatable bonds is 7. The van der Waals surface area contributed by atoms with Crippen molar-refractivity contribution < 1.29 is 0 Å². The first kappa shape index (κ1) is 12.5. The fraction of sp³-hybridized carbons (Fsp3) is 0.727. The van der Waals surface area contributed by atoms with E-state index >= 15 is 0 Å². The molecule has 0 saturated carbocycles. The van der Waals surface area contributed by atoms with Gasteiger partial charge in [-0.1, -0.05) is 13.8 Å². The minimum absolute atomic E-state index is 0.191. The first-order valence-corrected chi connectivity index (χ1v) is 5.90. The van der Waals surface area contributed by atoms with Crippen molar-refractivity contribution in [2.45, 2.75) is 26.8 Å². The van der Waals surface area contributed by atoms with Crippen LogP contribution < -0.4 is 5.32 Å². The topological polar surface area (TPSA) is 29.9 Å². The van der Waals surface area contributed by atoms with Crippen LogP contribution in [-0.2, 0) is 6.54 Å². The Kier molecular flexibility index (Phi) is 5.12. The second-order valence-corrected chi connectivity index (χ2v) is 4.90. The molecule has 0 spiro atoms. The Hall–Kier alpha value is -0.540. The molecular weight excluding hydrogens is 210 g/mol. The monoisotopic (exact) mass is 229 g/mol. The largest absolute Gasteiger partial charge is 0.337 e. The molecule has 0 aliphatic carbocycles. The van der Waals surface area contributed by atoms with Crippen molar-refractivity contribution in [2.24, 2.45) is 5.41 Å². The Labute approximate surface area is 96.8 Å². The molecule has 15 heavy (non-hydrogen) atoms. The van der Waals surface area contributed by atoms with Gasteiger partial charge in [0.2, 0.25) is 0 Å². The summed E-state index contributed by atoms with van der Waals surface area (Å²) in [5.41, 5.74) is 0.191. The number of alkyl halides is 1. The summed E-state index contributed by atoms with van der Waals surface area (Å²) in [5, 5.41) is 3.42. The average Bonchev–Trinajstić information content (AvgIpc) is 2.70. The Balaban J connectivity index is 2.03. The first-order valence-electron chi connectivity index (χ1n) is 5.36. The molecule has 86 valence electrons. The van der Waals surface area contributed by atoms with Gasteiger partial charge in [0.1, 0.15) is 0 Å². The number of halogens is 1. The molecule has 3 nitrogen and oxygen atoms in total. The van der Waals surface area contributed by atoms with Gasteiger partial charge in [-0.3, -0.25) is 0 Å². The van der Waals surface area contributed by atoms with E-state index in [2.05, 4.69) is 28.7 Å². The second kappa shape index (κ2) is 6.13. The fourth-order valence-corrected chi connectivity index (χ4v) is 1.37. The number of nitrogens with zero attached hydrogens (tertiary/aromatic N) is 2. The zero-order chi connectivity index (χ0) is 11.1. The average molecular weight is 230 g/mol. The summed E-state index contributed by atoms with van der Waals surface area (Å²) >= 11 is 5.83. The van der Waals surface area contributed by atoms with Crippen LogP contribution in [-0.4, -0.2) is 28.5 Å². The number of hydrogen-bond donors (Lipinski definition) is 1. The van der Waals surface area contributed by atoms with Gasteiger partial charge in [0, 0.05) is 31.4 Å². The lowest BCUT2D eigenvalue weighted by molar-refractivity contribution is 0.382. The van der Waals surface area contributed by atoms with E-state index in [0.29, 0.717) is 5.88 Å². The number of aryl methyl sites for hydroxylation is 1. The Morgan fingerprint density at radius 1 is 1.47 bits per heavy atom. The zero-order valence-corrected chi connectivity index (χ0v) is 10.3. The van der Waals surface area contributed by atoms with Crippen molar-refractivity contribution in [1.29, 1.82) is 0 Å². The van der Waals surface area contributed by atoms with Gasteiger partial charge in [-0.2, -0.15) is 0 Å². The van der Waals surface area contributed by atoms with Gasteiger partial charge >= 0.3 is 0 Å². The Morgan fingerprint density at radius 2 is 2.27 bits per heavy atom. The maximum absolute atomic E-state index is 5.83. The molecule has 0 unspecified atom stereocenters. The molecular formula is C11H20ClN3. The molecule has 1 aromatic heterocycles. The van der Waals surface area contributed by atoms with E-state index in [9.17, 15) is 0 Å². The second-order valence-electron chi connectivity index (χ2n) is 4.63. The van der Waals surface area contributed by atoms with E-state index in [-0.39, 0.29) is 5.41 Å². The van der Waals surface area contributed by atoms with Crippen LogP contribution in [0.15, 0.2) is 18.7 Å². The van der Waals surface area contributed by atoms with E-state index in [4.69, 9.17) is 11.6 Å². The summed E-state index contributed by atoms with van der Waals surface area (Å²) in [4.78, 5) is 4.00. The van der Waals surface area contributed by atoms with Crippen molar-refractivity contribution in [3.8, 4) is 0 Å². The number of aromatic nitrogens is 2. The molecule has 1 aromatic rings. The third kappa shape index (κ3) is 5.19. The van der Waals surface area contributed by atoms with Crippen LogP contribution in [0.3, 0.4) is 0 Å². The summed E-state index contributed by atoms with van der Waals surface area (Å²) < 4.78 is 2.09. The minimum Gasteiger partial charge on any atom is -0.337 e. The fourth-order valence-electron chi connectivity index (χ4n) is 1.28. The van der Waals surface area contributed by atoms with Crippen molar-refractivity contribution in [2.75, 3.05) is 19.0 Å². The summed E-state index contributed by atoms with van der Waals surface area (Å²) in [6, 6.07) is 0. The molecule has 0 amide bonds. The highest BCUT2D eigenvalue weighted by atomic mass is 35.5. The van der Waals surface area contributed by atoms with Crippen molar-refractivity contribution in [3.63, 3.8) is 0 Å². The summed E-state index contributed by atoms with van der Waals surface area (Å²) in [6.45, 7) is 7.36. The quantitative estimate of drug-likeness (QED) is 0.574. The van der Waals surface area contributed by atoms with Gasteiger partial charge in [0.25, 0.3) is 0 Å². The van der Waals surface area contributed by atoms with Gasteiger partial charge in [0.05, 0.1) is 6.33 Å². The molecule has 0 aliphatic heterocycles. The number of imidazole rings is 1. The number of nitrogens with one attached hydrogen (secondary N) is 1. The lowest BCUT2D eigenvalue weighted by Gasteiger charge is -2.21. The third-order valence-electron chi connectivity index (χ3n) is 2.29.